The summed E-state index contributed by atoms with van der Waals surface area (Å²) in [6.07, 6.45) is 4.18. The molecule has 8 nitrogen and oxygen atoms in total. The van der Waals surface area contributed by atoms with Gasteiger partial charge in [-0.3, -0.25) is 9.59 Å². The van der Waals surface area contributed by atoms with Crippen LogP contribution in [0.3, 0.4) is 0 Å². The second kappa shape index (κ2) is 10.8. The molecule has 2 aliphatic heterocycles. The predicted molar refractivity (Wildman–Crippen MR) is 138 cm³/mol. The molecule has 35 heavy (non-hydrogen) atoms. The third-order valence-corrected chi connectivity index (χ3v) is 6.75. The normalized spacial score (nSPS) is 18.6. The summed E-state index contributed by atoms with van der Waals surface area (Å²) in [5.41, 5.74) is 4.16. The van der Waals surface area contributed by atoms with E-state index < -0.39 is 0 Å². The molecule has 2 unspecified atom stereocenters. The molecule has 2 saturated heterocycles. The zero-order valence-corrected chi connectivity index (χ0v) is 21.0. The van der Waals surface area contributed by atoms with Crippen molar-refractivity contribution in [3.05, 3.63) is 48.8 Å². The minimum absolute atomic E-state index is 0.0847. The van der Waals surface area contributed by atoms with Crippen LogP contribution in [0.25, 0.3) is 16.6 Å². The van der Waals surface area contributed by atoms with E-state index >= 15 is 0 Å². The summed E-state index contributed by atoms with van der Waals surface area (Å²) >= 11 is 0. The van der Waals surface area contributed by atoms with E-state index in [0.29, 0.717) is 13.0 Å². The first kappa shape index (κ1) is 24.6. The molecule has 0 radical (unpaired) electrons. The Morgan fingerprint density at radius 1 is 1.09 bits per heavy atom. The molecule has 0 spiro atoms. The first-order valence-corrected chi connectivity index (χ1v) is 12.5. The van der Waals surface area contributed by atoms with Crippen LogP contribution in [-0.4, -0.2) is 65.2 Å². The van der Waals surface area contributed by atoms with Gasteiger partial charge in [-0.05, 0) is 36.8 Å². The molecule has 2 aliphatic rings. The average molecular weight is 478 g/mol. The van der Waals surface area contributed by atoms with Crippen molar-refractivity contribution >= 4 is 23.0 Å². The van der Waals surface area contributed by atoms with Crippen molar-refractivity contribution < 1.29 is 14.3 Å². The molecule has 8 heteroatoms. The minimum Gasteiger partial charge on any atom is -0.488 e. The summed E-state index contributed by atoms with van der Waals surface area (Å²) in [5.74, 6) is 1.15. The van der Waals surface area contributed by atoms with E-state index in [2.05, 4.69) is 45.6 Å². The van der Waals surface area contributed by atoms with Crippen LogP contribution in [-0.2, 0) is 9.59 Å². The quantitative estimate of drug-likeness (QED) is 0.608. The fraction of sp³-hybridized carbons (Fsp3) is 0.444. The Bertz CT molecular complexity index is 1170. The van der Waals surface area contributed by atoms with Gasteiger partial charge in [0.05, 0.1) is 6.20 Å². The number of hydrogen-bond acceptors (Lipinski definition) is 5. The van der Waals surface area contributed by atoms with Crippen molar-refractivity contribution in [1.82, 2.24) is 19.8 Å². The van der Waals surface area contributed by atoms with Gasteiger partial charge in [-0.1, -0.05) is 26.0 Å². The number of fused-ring (bicyclic) bond motifs is 1. The lowest BCUT2D eigenvalue weighted by atomic mass is 10.0. The van der Waals surface area contributed by atoms with Gasteiger partial charge in [-0.15, -0.1) is 0 Å². The summed E-state index contributed by atoms with van der Waals surface area (Å²) in [6.45, 7) is 11.5. The lowest BCUT2D eigenvalue weighted by Crippen LogP contribution is -2.48. The molecular formula is C27H35N5O3. The molecule has 2 amide bonds. The molecule has 2 aromatic heterocycles. The van der Waals surface area contributed by atoms with Crippen LogP contribution in [0.15, 0.2) is 48.8 Å². The van der Waals surface area contributed by atoms with E-state index in [-0.39, 0.29) is 23.8 Å². The molecular weight excluding hydrogens is 442 g/mol. The highest BCUT2D eigenvalue weighted by Crippen LogP contribution is 2.31. The topological polar surface area (TPSA) is 79.2 Å². The molecule has 2 atom stereocenters. The second-order valence-corrected chi connectivity index (χ2v) is 8.89. The summed E-state index contributed by atoms with van der Waals surface area (Å²) in [4.78, 5) is 27.4. The number of piperazine rings is 1. The Morgan fingerprint density at radius 2 is 1.80 bits per heavy atom. The number of anilines is 1. The van der Waals surface area contributed by atoms with Crippen LogP contribution in [0.1, 0.15) is 34.1 Å². The molecule has 0 saturated carbocycles. The summed E-state index contributed by atoms with van der Waals surface area (Å²) < 4.78 is 8.17. The van der Waals surface area contributed by atoms with E-state index in [1.165, 1.54) is 0 Å². The molecule has 186 valence electrons. The van der Waals surface area contributed by atoms with Crippen LogP contribution >= 0.6 is 0 Å². The van der Waals surface area contributed by atoms with Crippen LogP contribution in [0, 0.1) is 5.92 Å². The van der Waals surface area contributed by atoms with Crippen LogP contribution in [0.2, 0.25) is 0 Å². The first-order valence-electron chi connectivity index (χ1n) is 12.5. The Hall–Kier alpha value is -3.55. The van der Waals surface area contributed by atoms with Crippen molar-refractivity contribution in [2.24, 2.45) is 5.92 Å². The van der Waals surface area contributed by atoms with Gasteiger partial charge >= 0.3 is 0 Å². The van der Waals surface area contributed by atoms with Crippen molar-refractivity contribution in [1.29, 1.82) is 0 Å². The van der Waals surface area contributed by atoms with Crippen molar-refractivity contribution in [2.75, 3.05) is 37.6 Å². The van der Waals surface area contributed by atoms with Gasteiger partial charge in [0.15, 0.2) is 0 Å². The number of pyridine rings is 1. The molecule has 0 bridgehead atoms. The predicted octanol–water partition coefficient (Wildman–Crippen LogP) is 3.60. The van der Waals surface area contributed by atoms with E-state index in [9.17, 15) is 9.59 Å². The standard InChI is InChI=1S/C25H29N5O3.C2H6/c1-17(20-14-25(32)26-15-20)33-24-13-21(16-30-23(24)7-8-27-30)19-3-5-22(6-4-19)29-11-9-28(10-12-29)18(2)31;1-2/h3-8,13,16-17,20H,9-12,14-15H2,1-2H3,(H,26,32);1-2H3. The zero-order valence-electron chi connectivity index (χ0n) is 21.0. The first-order chi connectivity index (χ1) is 17.0. The van der Waals surface area contributed by atoms with Gasteiger partial charge in [-0.2, -0.15) is 5.10 Å². The maximum atomic E-state index is 11.6. The highest BCUT2D eigenvalue weighted by molar-refractivity contribution is 5.78. The Labute approximate surface area is 206 Å². The summed E-state index contributed by atoms with van der Waals surface area (Å²) in [6, 6.07) is 12.5. The number of rotatable bonds is 5. The number of aromatic nitrogens is 2. The number of ether oxygens (including phenoxy) is 1. The molecule has 5 rings (SSSR count). The van der Waals surface area contributed by atoms with Crippen LogP contribution < -0.4 is 15.0 Å². The average Bonchev–Trinajstić information content (AvgIpc) is 3.54. The number of hydrogen-bond donors (Lipinski definition) is 1. The molecule has 1 N–H and O–H groups in total. The smallest absolute Gasteiger partial charge is 0.220 e. The van der Waals surface area contributed by atoms with Crippen molar-refractivity contribution in [2.45, 2.75) is 40.2 Å². The van der Waals surface area contributed by atoms with E-state index in [0.717, 1.165) is 54.3 Å². The number of benzene rings is 1. The Balaban J connectivity index is 0.00000141. The van der Waals surface area contributed by atoms with E-state index in [1.54, 1.807) is 13.1 Å². The second-order valence-electron chi connectivity index (χ2n) is 8.89. The molecule has 4 heterocycles. The number of nitrogens with zero attached hydrogens (tertiary/aromatic N) is 4. The maximum absolute atomic E-state index is 11.6. The third kappa shape index (κ3) is 5.42. The number of carbonyl (C=O) groups is 2. The van der Waals surface area contributed by atoms with Crippen LogP contribution in [0.5, 0.6) is 5.75 Å². The van der Waals surface area contributed by atoms with E-state index in [4.69, 9.17) is 4.74 Å². The highest BCUT2D eigenvalue weighted by Gasteiger charge is 2.28. The monoisotopic (exact) mass is 477 g/mol. The van der Waals surface area contributed by atoms with Crippen molar-refractivity contribution in [3.8, 4) is 16.9 Å². The molecule has 1 aromatic carbocycles. The van der Waals surface area contributed by atoms with Gasteiger partial charge < -0.3 is 19.9 Å². The fourth-order valence-corrected chi connectivity index (χ4v) is 4.65. The Kier molecular flexibility index (Phi) is 7.58. The number of carbonyl (C=O) groups excluding carboxylic acids is 2. The molecule has 0 aliphatic carbocycles. The van der Waals surface area contributed by atoms with Gasteiger partial charge in [0.25, 0.3) is 0 Å². The summed E-state index contributed by atoms with van der Waals surface area (Å²) in [7, 11) is 0. The minimum atomic E-state index is -0.0889. The van der Waals surface area contributed by atoms with Gasteiger partial charge in [0, 0.05) is 69.4 Å². The maximum Gasteiger partial charge on any atom is 0.220 e. The van der Waals surface area contributed by atoms with E-state index in [1.807, 2.05) is 42.4 Å². The largest absolute Gasteiger partial charge is 0.488 e. The van der Waals surface area contributed by atoms with Crippen molar-refractivity contribution in [3.63, 3.8) is 0 Å². The zero-order chi connectivity index (χ0) is 24.9. The highest BCUT2D eigenvalue weighted by atomic mass is 16.5. The molecule has 2 fully saturated rings. The lowest BCUT2D eigenvalue weighted by Gasteiger charge is -2.35. The number of amides is 2. The summed E-state index contributed by atoms with van der Waals surface area (Å²) in [5, 5.41) is 7.31. The molecule has 3 aromatic rings. The number of nitrogens with one attached hydrogen (secondary N) is 1. The van der Waals surface area contributed by atoms with Crippen LogP contribution in [0.4, 0.5) is 5.69 Å². The third-order valence-electron chi connectivity index (χ3n) is 6.75. The lowest BCUT2D eigenvalue weighted by molar-refractivity contribution is -0.129. The Morgan fingerprint density at radius 3 is 2.43 bits per heavy atom. The van der Waals surface area contributed by atoms with Gasteiger partial charge in [0.1, 0.15) is 17.4 Å². The fourth-order valence-electron chi connectivity index (χ4n) is 4.65. The van der Waals surface area contributed by atoms with Gasteiger partial charge in [-0.25, -0.2) is 4.52 Å². The van der Waals surface area contributed by atoms with Gasteiger partial charge in [0.2, 0.25) is 11.8 Å². The SMILES string of the molecule is CC.CC(=O)N1CCN(c2ccc(-c3cc(OC(C)C4CNC(=O)C4)c4ccnn4c3)cc2)CC1.